The molecule has 3 heteroatoms. The minimum absolute atomic E-state index is 0.0137. The molecule has 0 amide bonds. The van der Waals surface area contributed by atoms with Crippen LogP contribution in [0.2, 0.25) is 0 Å². The molecule has 2 aromatic rings. The van der Waals surface area contributed by atoms with Crippen molar-refractivity contribution in [3.63, 3.8) is 0 Å². The van der Waals surface area contributed by atoms with Crippen LogP contribution in [0.4, 0.5) is 0 Å². The highest BCUT2D eigenvalue weighted by Gasteiger charge is 2.23. The van der Waals surface area contributed by atoms with Gasteiger partial charge in [0, 0.05) is 24.4 Å². The third-order valence-corrected chi connectivity index (χ3v) is 2.78. The van der Waals surface area contributed by atoms with Gasteiger partial charge in [-0.3, -0.25) is 4.98 Å². The van der Waals surface area contributed by atoms with Crippen LogP contribution in [-0.4, -0.2) is 10.7 Å². The normalized spacial score (nSPS) is 18.6. The molecule has 17 heavy (non-hydrogen) atoms. The van der Waals surface area contributed by atoms with Crippen molar-refractivity contribution in [3.05, 3.63) is 66.0 Å². The van der Waals surface area contributed by atoms with Crippen LogP contribution in [0.3, 0.4) is 0 Å². The van der Waals surface area contributed by atoms with Crippen molar-refractivity contribution in [3.8, 4) is 0 Å². The van der Waals surface area contributed by atoms with Gasteiger partial charge in [0.15, 0.2) is 6.10 Å². The summed E-state index contributed by atoms with van der Waals surface area (Å²) in [6, 6.07) is 14.7. The first-order valence-electron chi connectivity index (χ1n) is 5.52. The number of pyridine rings is 1. The summed E-state index contributed by atoms with van der Waals surface area (Å²) in [4.78, 5) is 9.54. The Morgan fingerprint density at radius 3 is 2.88 bits per heavy atom. The van der Waals surface area contributed by atoms with Crippen LogP contribution in [0.25, 0.3) is 0 Å². The Kier molecular flexibility index (Phi) is 2.58. The van der Waals surface area contributed by atoms with E-state index in [1.54, 1.807) is 6.20 Å². The highest BCUT2D eigenvalue weighted by molar-refractivity contribution is 6.01. The van der Waals surface area contributed by atoms with E-state index in [4.69, 9.17) is 4.84 Å². The zero-order valence-electron chi connectivity index (χ0n) is 9.21. The topological polar surface area (TPSA) is 34.5 Å². The van der Waals surface area contributed by atoms with Crippen LogP contribution >= 0.6 is 0 Å². The maximum atomic E-state index is 5.45. The van der Waals surface area contributed by atoms with Crippen molar-refractivity contribution in [2.45, 2.75) is 12.5 Å². The molecule has 0 saturated heterocycles. The van der Waals surface area contributed by atoms with Crippen LogP contribution in [-0.2, 0) is 4.84 Å². The molecule has 1 aromatic heterocycles. The molecule has 0 N–H and O–H groups in total. The lowest BCUT2D eigenvalue weighted by molar-refractivity contribution is 0.0857. The lowest BCUT2D eigenvalue weighted by Crippen LogP contribution is -2.01. The van der Waals surface area contributed by atoms with Crippen LogP contribution < -0.4 is 0 Å². The minimum atomic E-state index is 0.0137. The van der Waals surface area contributed by atoms with E-state index in [1.807, 2.05) is 42.6 Å². The molecule has 0 bridgehead atoms. The van der Waals surface area contributed by atoms with Crippen molar-refractivity contribution in [1.29, 1.82) is 0 Å². The number of oxime groups is 1. The maximum Gasteiger partial charge on any atom is 0.158 e. The summed E-state index contributed by atoms with van der Waals surface area (Å²) in [5.74, 6) is 0. The van der Waals surface area contributed by atoms with E-state index >= 15 is 0 Å². The molecule has 3 nitrogen and oxygen atoms in total. The number of benzene rings is 1. The number of aromatic nitrogens is 1. The van der Waals surface area contributed by atoms with Crippen molar-refractivity contribution < 1.29 is 4.84 Å². The fourth-order valence-electron chi connectivity index (χ4n) is 1.87. The second-order valence-corrected chi connectivity index (χ2v) is 3.91. The standard InChI is InChI=1S/C14H11N2O/c1-2-5-11(6-3-1)14-9-13(16-17-14)12-7-4-8-15-10-12/h2-8,10,14H,9H2. The Morgan fingerprint density at radius 1 is 1.24 bits per heavy atom. The monoisotopic (exact) mass is 223 g/mol. The molecule has 1 radical (unpaired) electrons. The predicted molar refractivity (Wildman–Crippen MR) is 64.5 cm³/mol. The number of rotatable bonds is 2. The molecule has 1 aromatic carbocycles. The molecular weight excluding hydrogens is 212 g/mol. The zero-order chi connectivity index (χ0) is 11.5. The Morgan fingerprint density at radius 2 is 2.12 bits per heavy atom. The van der Waals surface area contributed by atoms with E-state index < -0.39 is 0 Å². The van der Waals surface area contributed by atoms with Gasteiger partial charge in [0.2, 0.25) is 0 Å². The van der Waals surface area contributed by atoms with Gasteiger partial charge in [-0.1, -0.05) is 29.4 Å². The summed E-state index contributed by atoms with van der Waals surface area (Å²) >= 11 is 0. The Labute approximate surface area is 99.8 Å². The van der Waals surface area contributed by atoms with E-state index in [0.29, 0.717) is 0 Å². The van der Waals surface area contributed by atoms with Gasteiger partial charge in [-0.2, -0.15) is 0 Å². The zero-order valence-corrected chi connectivity index (χ0v) is 9.21. The van der Waals surface area contributed by atoms with Crippen molar-refractivity contribution in [1.82, 2.24) is 4.98 Å². The fourth-order valence-corrected chi connectivity index (χ4v) is 1.87. The summed E-state index contributed by atoms with van der Waals surface area (Å²) < 4.78 is 0. The van der Waals surface area contributed by atoms with Gasteiger partial charge in [0.25, 0.3) is 0 Å². The van der Waals surface area contributed by atoms with Crippen LogP contribution in [0.5, 0.6) is 0 Å². The van der Waals surface area contributed by atoms with E-state index in [2.05, 4.69) is 16.2 Å². The van der Waals surface area contributed by atoms with Crippen LogP contribution in [0, 0.1) is 6.07 Å². The van der Waals surface area contributed by atoms with Gasteiger partial charge in [0.1, 0.15) is 0 Å². The molecule has 2 heterocycles. The third-order valence-electron chi connectivity index (χ3n) is 2.78. The van der Waals surface area contributed by atoms with E-state index in [-0.39, 0.29) is 6.10 Å². The molecule has 0 saturated carbocycles. The quantitative estimate of drug-likeness (QED) is 0.784. The molecule has 0 aliphatic carbocycles. The molecule has 83 valence electrons. The van der Waals surface area contributed by atoms with Crippen molar-refractivity contribution in [2.24, 2.45) is 5.16 Å². The lowest BCUT2D eigenvalue weighted by Gasteiger charge is -2.07. The van der Waals surface area contributed by atoms with Gasteiger partial charge in [-0.05, 0) is 23.8 Å². The van der Waals surface area contributed by atoms with Gasteiger partial charge in [-0.25, -0.2) is 0 Å². The molecule has 1 atom stereocenters. The van der Waals surface area contributed by atoms with Crippen LogP contribution in [0.15, 0.2) is 53.9 Å². The second kappa shape index (κ2) is 4.37. The molecular formula is C14H11N2O. The Hall–Kier alpha value is -2.16. The highest BCUT2D eigenvalue weighted by Crippen LogP contribution is 2.28. The highest BCUT2D eigenvalue weighted by atomic mass is 16.6. The minimum Gasteiger partial charge on any atom is -0.387 e. The molecule has 1 aliphatic heterocycles. The lowest BCUT2D eigenvalue weighted by atomic mass is 10.0. The summed E-state index contributed by atoms with van der Waals surface area (Å²) in [5, 5.41) is 4.13. The molecule has 0 spiro atoms. The average Bonchev–Trinajstić information content (AvgIpc) is 2.90. The Bertz CT molecular complexity index is 522. The van der Waals surface area contributed by atoms with Gasteiger partial charge < -0.3 is 4.84 Å². The van der Waals surface area contributed by atoms with Gasteiger partial charge in [0.05, 0.1) is 5.71 Å². The van der Waals surface area contributed by atoms with Crippen LogP contribution in [0.1, 0.15) is 23.7 Å². The summed E-state index contributed by atoms with van der Waals surface area (Å²) in [6.07, 6.45) is 4.36. The SMILES string of the molecule is [c]1ccc(C2CC(c3cccnc3)=NO2)cc1. The molecule has 3 rings (SSSR count). The van der Waals surface area contributed by atoms with Crippen molar-refractivity contribution >= 4 is 5.71 Å². The first kappa shape index (κ1) is 10.0. The number of nitrogens with zero attached hydrogens (tertiary/aromatic N) is 2. The Balaban J connectivity index is 1.78. The molecule has 0 fully saturated rings. The summed E-state index contributed by atoms with van der Waals surface area (Å²) in [7, 11) is 0. The van der Waals surface area contributed by atoms with Crippen molar-refractivity contribution in [2.75, 3.05) is 0 Å². The first-order valence-corrected chi connectivity index (χ1v) is 5.52. The maximum absolute atomic E-state index is 5.45. The van der Waals surface area contributed by atoms with Gasteiger partial charge in [-0.15, -0.1) is 0 Å². The largest absolute Gasteiger partial charge is 0.387 e. The average molecular weight is 223 g/mol. The third kappa shape index (κ3) is 2.04. The van der Waals surface area contributed by atoms with E-state index in [0.717, 1.165) is 23.3 Å². The van der Waals surface area contributed by atoms with Gasteiger partial charge >= 0.3 is 0 Å². The van der Waals surface area contributed by atoms with E-state index in [9.17, 15) is 0 Å². The smallest absolute Gasteiger partial charge is 0.158 e. The number of hydrogen-bond acceptors (Lipinski definition) is 3. The summed E-state index contributed by atoms with van der Waals surface area (Å²) in [5.41, 5.74) is 3.11. The number of hydrogen-bond donors (Lipinski definition) is 0. The summed E-state index contributed by atoms with van der Waals surface area (Å²) in [6.45, 7) is 0. The fraction of sp³-hybridized carbons (Fsp3) is 0.143. The first-order chi connectivity index (χ1) is 8.43. The molecule has 1 unspecified atom stereocenters. The predicted octanol–water partition coefficient (Wildman–Crippen LogP) is 2.75. The second-order valence-electron chi connectivity index (χ2n) is 3.91. The molecule has 1 aliphatic rings. The van der Waals surface area contributed by atoms with E-state index in [1.165, 1.54) is 0 Å².